The number of nitrogens with zero attached hydrogens (tertiary/aromatic N) is 1. The van der Waals surface area contributed by atoms with Gasteiger partial charge in [-0.05, 0) is 6.07 Å². The fraction of sp³-hybridized carbons (Fsp3) is 0.250. The summed E-state index contributed by atoms with van der Waals surface area (Å²) in [6.07, 6.45) is 0. The number of methoxy groups -OCH3 is 1. The topological polar surface area (TPSA) is 95.7 Å². The summed E-state index contributed by atoms with van der Waals surface area (Å²) in [5.74, 6) is -0.104. The molecule has 0 aliphatic heterocycles. The fourth-order valence-corrected chi connectivity index (χ4v) is 2.03. The lowest BCUT2D eigenvalue weighted by molar-refractivity contribution is -0.385. The minimum Gasteiger partial charge on any atom is -0.466 e. The van der Waals surface area contributed by atoms with E-state index < -0.39 is 24.6 Å². The Morgan fingerprint density at radius 2 is 2.12 bits per heavy atom. The van der Waals surface area contributed by atoms with Gasteiger partial charge in [-0.3, -0.25) is 10.1 Å². The molecule has 1 aromatic rings. The second-order valence-corrected chi connectivity index (χ2v) is 5.41. The Morgan fingerprint density at radius 1 is 1.47 bits per heavy atom. The standard InChI is InChI=1S/C8H8ClNO6S/c1-15-5-16-7-3-2-6(10(11)12)4-8(7)17(9,13)14/h2-4H,5H2,1H3. The number of ether oxygens (including phenoxy) is 2. The Morgan fingerprint density at radius 3 is 2.59 bits per heavy atom. The van der Waals surface area contributed by atoms with E-state index in [9.17, 15) is 18.5 Å². The zero-order valence-corrected chi connectivity index (χ0v) is 10.2. The van der Waals surface area contributed by atoms with Crippen LogP contribution in [0.2, 0.25) is 0 Å². The molecule has 0 bridgehead atoms. The Hall–Kier alpha value is -1.38. The van der Waals surface area contributed by atoms with Crippen molar-refractivity contribution in [2.75, 3.05) is 13.9 Å². The van der Waals surface area contributed by atoms with Crippen molar-refractivity contribution in [1.82, 2.24) is 0 Å². The number of nitro groups is 1. The molecule has 1 rings (SSSR count). The summed E-state index contributed by atoms with van der Waals surface area (Å²) >= 11 is 0. The zero-order chi connectivity index (χ0) is 13.1. The number of hydrogen-bond acceptors (Lipinski definition) is 6. The fourth-order valence-electron chi connectivity index (χ4n) is 1.04. The molecule has 0 aliphatic rings. The van der Waals surface area contributed by atoms with Crippen LogP contribution in [0.3, 0.4) is 0 Å². The van der Waals surface area contributed by atoms with E-state index in [-0.39, 0.29) is 12.5 Å². The Bertz CT molecular complexity index is 529. The van der Waals surface area contributed by atoms with Gasteiger partial charge in [0.25, 0.3) is 14.7 Å². The van der Waals surface area contributed by atoms with Crippen LogP contribution in [-0.4, -0.2) is 27.2 Å². The largest absolute Gasteiger partial charge is 0.466 e. The maximum Gasteiger partial charge on any atom is 0.271 e. The summed E-state index contributed by atoms with van der Waals surface area (Å²) in [5, 5.41) is 10.5. The molecular weight excluding hydrogens is 274 g/mol. The third-order valence-electron chi connectivity index (χ3n) is 1.73. The van der Waals surface area contributed by atoms with E-state index in [4.69, 9.17) is 15.4 Å². The first kappa shape index (κ1) is 13.7. The van der Waals surface area contributed by atoms with Crippen molar-refractivity contribution in [3.8, 4) is 5.75 Å². The van der Waals surface area contributed by atoms with Gasteiger partial charge in [0.15, 0.2) is 6.79 Å². The van der Waals surface area contributed by atoms with Gasteiger partial charge < -0.3 is 9.47 Å². The molecule has 0 heterocycles. The van der Waals surface area contributed by atoms with E-state index in [0.717, 1.165) is 18.2 Å². The quantitative estimate of drug-likeness (QED) is 0.351. The molecule has 0 radical (unpaired) electrons. The smallest absolute Gasteiger partial charge is 0.271 e. The van der Waals surface area contributed by atoms with Crippen LogP contribution in [0.25, 0.3) is 0 Å². The van der Waals surface area contributed by atoms with Crippen molar-refractivity contribution in [3.05, 3.63) is 28.3 Å². The van der Waals surface area contributed by atoms with Gasteiger partial charge in [0.05, 0.1) is 4.92 Å². The highest BCUT2D eigenvalue weighted by Crippen LogP contribution is 2.30. The van der Waals surface area contributed by atoms with Gasteiger partial charge in [0.1, 0.15) is 10.6 Å². The highest BCUT2D eigenvalue weighted by molar-refractivity contribution is 8.13. The van der Waals surface area contributed by atoms with Gasteiger partial charge in [0.2, 0.25) is 0 Å². The maximum absolute atomic E-state index is 11.2. The van der Waals surface area contributed by atoms with Crippen LogP contribution in [0.4, 0.5) is 5.69 Å². The van der Waals surface area contributed by atoms with E-state index in [1.807, 2.05) is 0 Å². The van der Waals surface area contributed by atoms with Crippen molar-refractivity contribution >= 4 is 25.4 Å². The van der Waals surface area contributed by atoms with Gasteiger partial charge in [-0.15, -0.1) is 0 Å². The molecule has 0 saturated heterocycles. The number of halogens is 1. The minimum atomic E-state index is -4.13. The second kappa shape index (κ2) is 5.30. The van der Waals surface area contributed by atoms with Crippen LogP contribution in [0.15, 0.2) is 23.1 Å². The highest BCUT2D eigenvalue weighted by atomic mass is 35.7. The third kappa shape index (κ3) is 3.55. The average Bonchev–Trinajstić information content (AvgIpc) is 2.24. The van der Waals surface area contributed by atoms with Crippen molar-refractivity contribution in [2.45, 2.75) is 4.90 Å². The first-order chi connectivity index (χ1) is 7.86. The molecule has 0 unspecified atom stereocenters. The number of non-ortho nitro benzene ring substituents is 1. The molecule has 0 aromatic heterocycles. The summed E-state index contributed by atoms with van der Waals surface area (Å²) in [6.45, 7) is -0.197. The third-order valence-corrected chi connectivity index (χ3v) is 3.08. The summed E-state index contributed by atoms with van der Waals surface area (Å²) < 4.78 is 32.0. The van der Waals surface area contributed by atoms with Crippen LogP contribution in [-0.2, 0) is 13.8 Å². The maximum atomic E-state index is 11.2. The molecule has 94 valence electrons. The molecule has 0 atom stereocenters. The molecule has 0 spiro atoms. The molecule has 7 nitrogen and oxygen atoms in total. The first-order valence-corrected chi connectivity index (χ1v) is 6.52. The summed E-state index contributed by atoms with van der Waals surface area (Å²) in [6, 6.07) is 3.08. The molecule has 0 saturated carbocycles. The van der Waals surface area contributed by atoms with Gasteiger partial charge in [-0.1, -0.05) is 0 Å². The SMILES string of the molecule is COCOc1ccc([N+](=O)[O-])cc1S(=O)(=O)Cl. The van der Waals surface area contributed by atoms with Crippen LogP contribution < -0.4 is 4.74 Å². The van der Waals surface area contributed by atoms with Crippen molar-refractivity contribution < 1.29 is 22.8 Å². The van der Waals surface area contributed by atoms with Crippen molar-refractivity contribution in [3.63, 3.8) is 0 Å². The van der Waals surface area contributed by atoms with Gasteiger partial charge in [0, 0.05) is 29.9 Å². The van der Waals surface area contributed by atoms with Crippen molar-refractivity contribution in [1.29, 1.82) is 0 Å². The number of hydrogen-bond donors (Lipinski definition) is 0. The van der Waals surface area contributed by atoms with E-state index in [0.29, 0.717) is 0 Å². The lowest BCUT2D eigenvalue weighted by Crippen LogP contribution is -2.04. The molecule has 0 amide bonds. The van der Waals surface area contributed by atoms with Crippen molar-refractivity contribution in [2.24, 2.45) is 0 Å². The summed E-state index contributed by atoms with van der Waals surface area (Å²) in [4.78, 5) is 9.31. The number of nitro benzene ring substituents is 1. The molecule has 17 heavy (non-hydrogen) atoms. The lowest BCUT2D eigenvalue weighted by Gasteiger charge is -2.07. The van der Waals surface area contributed by atoms with Gasteiger partial charge >= 0.3 is 0 Å². The van der Waals surface area contributed by atoms with E-state index in [1.54, 1.807) is 0 Å². The van der Waals surface area contributed by atoms with Crippen LogP contribution in [0.1, 0.15) is 0 Å². The molecule has 9 heteroatoms. The average molecular weight is 282 g/mol. The second-order valence-electron chi connectivity index (χ2n) is 2.88. The monoisotopic (exact) mass is 281 g/mol. The van der Waals surface area contributed by atoms with Gasteiger partial charge in [-0.25, -0.2) is 8.42 Å². The van der Waals surface area contributed by atoms with E-state index >= 15 is 0 Å². The molecule has 0 N–H and O–H groups in total. The van der Waals surface area contributed by atoms with E-state index in [1.165, 1.54) is 7.11 Å². The molecule has 0 fully saturated rings. The predicted molar refractivity (Wildman–Crippen MR) is 58.6 cm³/mol. The Labute approximate surface area is 101 Å². The molecule has 1 aromatic carbocycles. The molecule has 0 aliphatic carbocycles. The predicted octanol–water partition coefficient (Wildman–Crippen LogP) is 1.51. The number of rotatable bonds is 5. The van der Waals surface area contributed by atoms with Crippen LogP contribution in [0, 0.1) is 10.1 Å². The Balaban J connectivity index is 3.27. The minimum absolute atomic E-state index is 0.104. The zero-order valence-electron chi connectivity index (χ0n) is 8.62. The highest BCUT2D eigenvalue weighted by Gasteiger charge is 2.21. The Kier molecular flexibility index (Phi) is 4.27. The summed E-state index contributed by atoms with van der Waals surface area (Å²) in [7, 11) is 2.36. The lowest BCUT2D eigenvalue weighted by atomic mass is 10.3. The van der Waals surface area contributed by atoms with Gasteiger partial charge in [-0.2, -0.15) is 0 Å². The first-order valence-electron chi connectivity index (χ1n) is 4.21. The van der Waals surface area contributed by atoms with Crippen LogP contribution in [0.5, 0.6) is 5.75 Å². The van der Waals surface area contributed by atoms with Crippen LogP contribution >= 0.6 is 10.7 Å². The number of benzene rings is 1. The normalized spacial score (nSPS) is 11.2. The summed E-state index contributed by atoms with van der Waals surface area (Å²) in [5.41, 5.74) is -0.394. The molecular formula is C8H8ClNO6S. The van der Waals surface area contributed by atoms with E-state index in [2.05, 4.69) is 4.74 Å².